The predicted molar refractivity (Wildman–Crippen MR) is 118 cm³/mol. The zero-order chi connectivity index (χ0) is 23.4. The summed E-state index contributed by atoms with van der Waals surface area (Å²) in [5.74, 6) is -1.52. The lowest BCUT2D eigenvalue weighted by Crippen LogP contribution is -2.60. The largest absolute Gasteiger partial charge is 0.507 e. The number of phenols is 1. The molecule has 2 unspecified atom stereocenters. The van der Waals surface area contributed by atoms with Crippen LogP contribution in [-0.2, 0) is 11.2 Å². The molecule has 10 heteroatoms. The van der Waals surface area contributed by atoms with E-state index in [1.165, 1.54) is 12.1 Å². The number of ether oxygens (including phenoxy) is 1. The van der Waals surface area contributed by atoms with Crippen LogP contribution in [0.25, 0.3) is 0 Å². The minimum Gasteiger partial charge on any atom is -0.507 e. The van der Waals surface area contributed by atoms with Crippen LogP contribution in [0.5, 0.6) is 11.5 Å². The summed E-state index contributed by atoms with van der Waals surface area (Å²) in [4.78, 5) is 25.8. The number of hydrogen-bond donors (Lipinski definition) is 5. The third-order valence-electron chi connectivity index (χ3n) is 5.73. The molecule has 2 aliphatic rings. The first-order valence-electron chi connectivity index (χ1n) is 10.7. The predicted octanol–water partition coefficient (Wildman–Crippen LogP) is 0.935. The molecular weight excluding hydrogens is 415 g/mol. The van der Waals surface area contributed by atoms with E-state index < -0.39 is 31.0 Å². The van der Waals surface area contributed by atoms with Crippen LogP contribution in [0.4, 0.5) is 0 Å². The Morgan fingerprint density at radius 1 is 1.31 bits per heavy atom. The van der Waals surface area contributed by atoms with Crippen molar-refractivity contribution in [1.29, 1.82) is 0 Å². The van der Waals surface area contributed by atoms with E-state index in [9.17, 15) is 19.8 Å². The van der Waals surface area contributed by atoms with E-state index >= 15 is 0 Å². The molecule has 172 valence electrons. The summed E-state index contributed by atoms with van der Waals surface area (Å²) in [6.45, 7) is 2.67. The number of likely N-dealkylation sites (tertiary alicyclic amines) is 1. The van der Waals surface area contributed by atoms with Crippen molar-refractivity contribution in [1.82, 2.24) is 4.90 Å². The van der Waals surface area contributed by atoms with E-state index in [0.717, 1.165) is 12.0 Å². The monoisotopic (exact) mass is 444 g/mol. The van der Waals surface area contributed by atoms with Gasteiger partial charge in [-0.15, -0.1) is 0 Å². The van der Waals surface area contributed by atoms with Crippen molar-refractivity contribution in [2.75, 3.05) is 13.1 Å². The molecule has 1 aliphatic heterocycles. The third-order valence-corrected chi connectivity index (χ3v) is 5.73. The second kappa shape index (κ2) is 10.2. The summed E-state index contributed by atoms with van der Waals surface area (Å²) in [5.41, 5.74) is 7.03. The lowest BCUT2D eigenvalue weighted by molar-refractivity contribution is -0.141. The number of amides is 1. The number of aromatic carboxylic acids is 1. The fourth-order valence-electron chi connectivity index (χ4n) is 3.78. The molecule has 1 aromatic carbocycles. The molecule has 0 bridgehead atoms. The molecular formula is C22H29BN2O7. The summed E-state index contributed by atoms with van der Waals surface area (Å²) in [7, 11) is -1.56. The van der Waals surface area contributed by atoms with Crippen molar-refractivity contribution < 1.29 is 34.6 Å². The maximum Gasteiger partial charge on any atom is 0.451 e. The number of nitrogens with two attached hydrogens (primary N) is 1. The first-order chi connectivity index (χ1) is 15.2. The number of benzene rings is 1. The zero-order valence-electron chi connectivity index (χ0n) is 18.0. The molecule has 1 amide bonds. The third kappa shape index (κ3) is 5.70. The highest BCUT2D eigenvalue weighted by atomic mass is 16.5. The number of allylic oxidation sites excluding steroid dienone is 3. The maximum atomic E-state index is 12.6. The molecule has 1 fully saturated rings. The highest BCUT2D eigenvalue weighted by Crippen LogP contribution is 2.34. The van der Waals surface area contributed by atoms with Crippen LogP contribution >= 0.6 is 0 Å². The van der Waals surface area contributed by atoms with E-state index in [0.29, 0.717) is 12.3 Å². The van der Waals surface area contributed by atoms with Crippen LogP contribution in [0.3, 0.4) is 0 Å². The smallest absolute Gasteiger partial charge is 0.451 e. The number of carbonyl (C=O) groups excluding carboxylic acids is 1. The lowest BCUT2D eigenvalue weighted by Gasteiger charge is -2.40. The molecule has 9 nitrogen and oxygen atoms in total. The van der Waals surface area contributed by atoms with Gasteiger partial charge < -0.3 is 35.6 Å². The Morgan fingerprint density at radius 2 is 2.03 bits per heavy atom. The van der Waals surface area contributed by atoms with Gasteiger partial charge in [0.05, 0.1) is 19.1 Å². The van der Waals surface area contributed by atoms with Gasteiger partial charge in [0.1, 0.15) is 23.2 Å². The van der Waals surface area contributed by atoms with Gasteiger partial charge in [0.15, 0.2) is 0 Å². The average Bonchev–Trinajstić information content (AvgIpc) is 2.70. The number of carboxylic acids is 1. The van der Waals surface area contributed by atoms with Gasteiger partial charge >= 0.3 is 13.1 Å². The van der Waals surface area contributed by atoms with Gasteiger partial charge in [0, 0.05) is 0 Å². The van der Waals surface area contributed by atoms with Crippen molar-refractivity contribution >= 4 is 19.0 Å². The van der Waals surface area contributed by atoms with Gasteiger partial charge in [-0.25, -0.2) is 4.79 Å². The number of rotatable bonds is 9. The van der Waals surface area contributed by atoms with Gasteiger partial charge in [-0.05, 0) is 43.1 Å². The zero-order valence-corrected chi connectivity index (χ0v) is 18.0. The van der Waals surface area contributed by atoms with Crippen LogP contribution in [0.1, 0.15) is 35.7 Å². The standard InChI is InChI=1S/C22H29BN2O7/c1-13-2-4-14(5-3-13)10-17(24)21(27)25-11-16(12-25)32-18-7-6-15(8-9-23(30)31)20(26)19(18)22(28)29/h2,4-7,13,16-17,26,30-31H,3,8-12,24H2,1H3,(H,28,29). The van der Waals surface area contributed by atoms with Crippen LogP contribution in [0.2, 0.25) is 6.32 Å². The van der Waals surface area contributed by atoms with Gasteiger partial charge in [-0.2, -0.15) is 0 Å². The Labute approximate surface area is 186 Å². The molecule has 2 atom stereocenters. The molecule has 1 aromatic rings. The topological polar surface area (TPSA) is 154 Å². The molecule has 0 spiro atoms. The van der Waals surface area contributed by atoms with Crippen LogP contribution in [0.15, 0.2) is 35.9 Å². The van der Waals surface area contributed by atoms with Gasteiger partial charge in [0.25, 0.3) is 0 Å². The van der Waals surface area contributed by atoms with Crippen LogP contribution < -0.4 is 10.5 Å². The van der Waals surface area contributed by atoms with Crippen molar-refractivity contribution in [3.05, 3.63) is 47.1 Å². The Kier molecular flexibility index (Phi) is 7.60. The Morgan fingerprint density at radius 3 is 2.62 bits per heavy atom. The Bertz CT molecular complexity index is 925. The number of aromatic hydroxyl groups is 1. The Balaban J connectivity index is 1.57. The minimum atomic E-state index is -1.56. The van der Waals surface area contributed by atoms with E-state index in [1.807, 2.05) is 6.08 Å². The molecule has 32 heavy (non-hydrogen) atoms. The summed E-state index contributed by atoms with van der Waals surface area (Å²) in [5, 5.41) is 37.8. The number of carboxylic acid groups (broad SMARTS) is 1. The molecule has 1 saturated heterocycles. The number of carbonyl (C=O) groups is 2. The van der Waals surface area contributed by atoms with E-state index in [-0.39, 0.29) is 48.6 Å². The fraction of sp³-hybridized carbons (Fsp3) is 0.455. The SMILES string of the molecule is CC1C=CC(CC(N)C(=O)N2CC(Oc3ccc(CCB(O)O)c(O)c3C(=O)O)C2)=CC1. The fourth-order valence-corrected chi connectivity index (χ4v) is 3.78. The van der Waals surface area contributed by atoms with E-state index in [4.69, 9.17) is 20.5 Å². The molecule has 1 aliphatic carbocycles. The maximum absolute atomic E-state index is 12.6. The van der Waals surface area contributed by atoms with Crippen LogP contribution in [-0.4, -0.2) is 69.4 Å². The highest BCUT2D eigenvalue weighted by Gasteiger charge is 2.36. The van der Waals surface area contributed by atoms with E-state index in [2.05, 4.69) is 19.1 Å². The Hall–Kier alpha value is -2.82. The number of aryl methyl sites for hydroxylation is 1. The second-order valence-electron chi connectivity index (χ2n) is 8.42. The summed E-state index contributed by atoms with van der Waals surface area (Å²) >= 11 is 0. The second-order valence-corrected chi connectivity index (χ2v) is 8.42. The first-order valence-corrected chi connectivity index (χ1v) is 10.7. The molecule has 0 radical (unpaired) electrons. The average molecular weight is 444 g/mol. The molecule has 0 saturated carbocycles. The summed E-state index contributed by atoms with van der Waals surface area (Å²) in [6, 6.07) is 2.27. The molecule has 0 aromatic heterocycles. The van der Waals surface area contributed by atoms with Crippen molar-refractivity contribution in [2.24, 2.45) is 11.7 Å². The van der Waals surface area contributed by atoms with Crippen molar-refractivity contribution in [3.63, 3.8) is 0 Å². The quantitative estimate of drug-likeness (QED) is 0.353. The molecule has 1 heterocycles. The molecule has 6 N–H and O–H groups in total. The van der Waals surface area contributed by atoms with Crippen molar-refractivity contribution in [2.45, 2.75) is 44.7 Å². The number of hydrogen-bond acceptors (Lipinski definition) is 7. The van der Waals surface area contributed by atoms with Gasteiger partial charge in [0.2, 0.25) is 5.91 Å². The van der Waals surface area contributed by atoms with Gasteiger partial charge in [-0.3, -0.25) is 4.79 Å². The summed E-state index contributed by atoms with van der Waals surface area (Å²) in [6.07, 6.45) is 7.25. The normalized spacial score (nSPS) is 19.2. The molecule has 3 rings (SSSR count). The highest BCUT2D eigenvalue weighted by molar-refractivity contribution is 6.41. The minimum absolute atomic E-state index is 0.00341. The van der Waals surface area contributed by atoms with Crippen molar-refractivity contribution in [3.8, 4) is 11.5 Å². The first kappa shape index (κ1) is 23.8. The van der Waals surface area contributed by atoms with Crippen LogP contribution in [0, 0.1) is 5.92 Å². The number of nitrogens with zero attached hydrogens (tertiary/aromatic N) is 1. The summed E-state index contributed by atoms with van der Waals surface area (Å²) < 4.78 is 5.73. The van der Waals surface area contributed by atoms with E-state index in [1.54, 1.807) is 4.90 Å². The van der Waals surface area contributed by atoms with Gasteiger partial charge in [-0.1, -0.05) is 36.8 Å². The lowest BCUT2D eigenvalue weighted by atomic mass is 9.82.